The Morgan fingerprint density at radius 3 is 2.88 bits per heavy atom. The van der Waals surface area contributed by atoms with E-state index >= 15 is 0 Å². The maximum absolute atomic E-state index is 12.2. The van der Waals surface area contributed by atoms with Gasteiger partial charge in [-0.1, -0.05) is 0 Å². The fraction of sp³-hybridized carbons (Fsp3) is 0.500. The van der Waals surface area contributed by atoms with Gasteiger partial charge in [-0.2, -0.15) is 5.10 Å². The van der Waals surface area contributed by atoms with E-state index < -0.39 is 0 Å². The molecule has 2 rings (SSSR count). The Labute approximate surface area is 98.3 Å². The molecule has 0 saturated carbocycles. The monoisotopic (exact) mass is 238 g/mol. The lowest BCUT2D eigenvalue weighted by atomic mass is 10.2. The lowest BCUT2D eigenvalue weighted by Crippen LogP contribution is -2.40. The molecule has 1 fully saturated rings. The van der Waals surface area contributed by atoms with E-state index in [-0.39, 0.29) is 5.91 Å². The van der Waals surface area contributed by atoms with Gasteiger partial charge >= 0.3 is 0 Å². The van der Waals surface area contributed by atoms with Crippen molar-refractivity contribution in [2.24, 2.45) is 7.05 Å². The minimum Gasteiger partial charge on any atom is -0.378 e. The van der Waals surface area contributed by atoms with Crippen molar-refractivity contribution in [2.45, 2.75) is 0 Å². The van der Waals surface area contributed by atoms with E-state index in [1.807, 2.05) is 0 Å². The molecule has 7 nitrogen and oxygen atoms in total. The van der Waals surface area contributed by atoms with Gasteiger partial charge in [-0.25, -0.2) is 0 Å². The third-order valence-electron chi connectivity index (χ3n) is 2.66. The molecule has 0 spiro atoms. The van der Waals surface area contributed by atoms with Crippen molar-refractivity contribution in [2.75, 3.05) is 31.6 Å². The number of anilines is 1. The minimum absolute atomic E-state index is 0.134. The van der Waals surface area contributed by atoms with Gasteiger partial charge in [0.1, 0.15) is 11.4 Å². The Balaban J connectivity index is 2.20. The van der Waals surface area contributed by atoms with Crippen LogP contribution in [-0.4, -0.2) is 53.3 Å². The molecule has 2 heterocycles. The summed E-state index contributed by atoms with van der Waals surface area (Å²) in [7, 11) is 1.67. The smallest absolute Gasteiger partial charge is 0.259 e. The molecule has 0 unspecified atom stereocenters. The van der Waals surface area contributed by atoms with Gasteiger partial charge in [0.25, 0.3) is 5.91 Å². The number of carbonyl (C=O) groups is 2. The fourth-order valence-corrected chi connectivity index (χ4v) is 1.76. The molecule has 1 aliphatic rings. The predicted octanol–water partition coefficient (Wildman–Crippen LogP) is -0.539. The SMILES string of the molecule is Cn1ncc(C(=O)N2CCOCC2)c1NC=O. The summed E-state index contributed by atoms with van der Waals surface area (Å²) in [4.78, 5) is 24.3. The minimum atomic E-state index is -0.134. The van der Waals surface area contributed by atoms with Crippen molar-refractivity contribution in [3.8, 4) is 0 Å². The van der Waals surface area contributed by atoms with E-state index in [1.54, 1.807) is 11.9 Å². The first-order valence-corrected chi connectivity index (χ1v) is 5.33. The molecule has 0 atom stereocenters. The summed E-state index contributed by atoms with van der Waals surface area (Å²) in [5.41, 5.74) is 0.404. The number of rotatable bonds is 3. The normalized spacial score (nSPS) is 15.7. The molecule has 1 aromatic heterocycles. The molecule has 0 aliphatic carbocycles. The van der Waals surface area contributed by atoms with Crippen LogP contribution in [0.15, 0.2) is 6.20 Å². The number of aromatic nitrogens is 2. The van der Waals surface area contributed by atoms with Crippen LogP contribution in [0.2, 0.25) is 0 Å². The van der Waals surface area contributed by atoms with Crippen molar-refractivity contribution >= 4 is 18.1 Å². The van der Waals surface area contributed by atoms with Crippen LogP contribution in [0.1, 0.15) is 10.4 Å². The lowest BCUT2D eigenvalue weighted by molar-refractivity contribution is -0.105. The molecule has 0 aromatic carbocycles. The van der Waals surface area contributed by atoms with E-state index in [9.17, 15) is 9.59 Å². The molecule has 0 radical (unpaired) electrons. The predicted molar refractivity (Wildman–Crippen MR) is 59.6 cm³/mol. The van der Waals surface area contributed by atoms with E-state index in [4.69, 9.17) is 4.74 Å². The van der Waals surface area contributed by atoms with Gasteiger partial charge in [-0.05, 0) is 0 Å². The summed E-state index contributed by atoms with van der Waals surface area (Å²) in [5.74, 6) is 0.280. The summed E-state index contributed by atoms with van der Waals surface area (Å²) >= 11 is 0. The zero-order chi connectivity index (χ0) is 12.3. The Bertz CT molecular complexity index is 423. The topological polar surface area (TPSA) is 76.5 Å². The zero-order valence-corrected chi connectivity index (χ0v) is 9.55. The van der Waals surface area contributed by atoms with Crippen LogP contribution in [-0.2, 0) is 16.6 Å². The summed E-state index contributed by atoms with van der Waals surface area (Å²) < 4.78 is 6.64. The van der Waals surface area contributed by atoms with Crippen molar-refractivity contribution in [3.05, 3.63) is 11.8 Å². The highest BCUT2D eigenvalue weighted by molar-refractivity contribution is 6.00. The van der Waals surface area contributed by atoms with E-state index in [2.05, 4.69) is 10.4 Å². The summed E-state index contributed by atoms with van der Waals surface area (Å²) in [6.07, 6.45) is 2.00. The highest BCUT2D eigenvalue weighted by atomic mass is 16.5. The highest BCUT2D eigenvalue weighted by Gasteiger charge is 2.23. The molecule has 17 heavy (non-hydrogen) atoms. The standard InChI is InChI=1S/C10H14N4O3/c1-13-9(11-7-15)8(6-12-13)10(16)14-2-4-17-5-3-14/h6-7H,2-5H2,1H3,(H,11,15). The van der Waals surface area contributed by atoms with Crippen LogP contribution in [0, 0.1) is 0 Å². The van der Waals surface area contributed by atoms with Crippen LogP contribution in [0.4, 0.5) is 5.82 Å². The molecule has 7 heteroatoms. The molecule has 1 aliphatic heterocycles. The van der Waals surface area contributed by atoms with E-state index in [0.717, 1.165) is 0 Å². The number of nitrogens with zero attached hydrogens (tertiary/aromatic N) is 3. The maximum atomic E-state index is 12.2. The number of hydrogen-bond acceptors (Lipinski definition) is 4. The zero-order valence-electron chi connectivity index (χ0n) is 9.55. The van der Waals surface area contributed by atoms with Crippen LogP contribution in [0.25, 0.3) is 0 Å². The first-order valence-electron chi connectivity index (χ1n) is 5.33. The van der Waals surface area contributed by atoms with Gasteiger partial charge in [-0.15, -0.1) is 0 Å². The Hall–Kier alpha value is -1.89. The number of nitrogens with one attached hydrogen (secondary N) is 1. The first kappa shape index (κ1) is 11.6. The molecular formula is C10H14N4O3. The largest absolute Gasteiger partial charge is 0.378 e. The highest BCUT2D eigenvalue weighted by Crippen LogP contribution is 2.16. The summed E-state index contributed by atoms with van der Waals surface area (Å²) in [6, 6.07) is 0. The first-order chi connectivity index (χ1) is 8.24. The lowest BCUT2D eigenvalue weighted by Gasteiger charge is -2.26. The van der Waals surface area contributed by atoms with E-state index in [1.165, 1.54) is 10.9 Å². The molecule has 1 aromatic rings. The molecule has 92 valence electrons. The number of amides is 2. The second kappa shape index (κ2) is 4.96. The van der Waals surface area contributed by atoms with Gasteiger partial charge in [0, 0.05) is 20.1 Å². The molecule has 1 saturated heterocycles. The number of aryl methyl sites for hydroxylation is 1. The Morgan fingerprint density at radius 2 is 2.24 bits per heavy atom. The van der Waals surface area contributed by atoms with E-state index in [0.29, 0.717) is 44.1 Å². The van der Waals surface area contributed by atoms with Gasteiger partial charge in [0.15, 0.2) is 0 Å². The number of carbonyl (C=O) groups excluding carboxylic acids is 2. The molecule has 2 amide bonds. The Morgan fingerprint density at radius 1 is 1.53 bits per heavy atom. The molecule has 1 N–H and O–H groups in total. The van der Waals surface area contributed by atoms with Crippen LogP contribution in [0.5, 0.6) is 0 Å². The van der Waals surface area contributed by atoms with Crippen molar-refractivity contribution in [1.29, 1.82) is 0 Å². The van der Waals surface area contributed by atoms with Crippen LogP contribution in [0.3, 0.4) is 0 Å². The van der Waals surface area contributed by atoms with Gasteiger partial charge in [-0.3, -0.25) is 14.3 Å². The van der Waals surface area contributed by atoms with Crippen molar-refractivity contribution in [1.82, 2.24) is 14.7 Å². The second-order valence-corrected chi connectivity index (χ2v) is 3.70. The van der Waals surface area contributed by atoms with Crippen LogP contribution < -0.4 is 5.32 Å². The van der Waals surface area contributed by atoms with Gasteiger partial charge in [0.05, 0.1) is 19.4 Å². The quantitative estimate of drug-likeness (QED) is 0.717. The number of hydrogen-bond donors (Lipinski definition) is 1. The van der Waals surface area contributed by atoms with Crippen molar-refractivity contribution < 1.29 is 14.3 Å². The molecule has 0 bridgehead atoms. The number of morpholine rings is 1. The third kappa shape index (κ3) is 2.28. The van der Waals surface area contributed by atoms with Gasteiger partial charge < -0.3 is 15.0 Å². The molecular weight excluding hydrogens is 224 g/mol. The third-order valence-corrected chi connectivity index (χ3v) is 2.66. The second-order valence-electron chi connectivity index (χ2n) is 3.70. The maximum Gasteiger partial charge on any atom is 0.259 e. The average Bonchev–Trinajstić information content (AvgIpc) is 2.72. The van der Waals surface area contributed by atoms with Crippen molar-refractivity contribution in [3.63, 3.8) is 0 Å². The summed E-state index contributed by atoms with van der Waals surface area (Å²) in [5, 5.41) is 6.45. The fourth-order valence-electron chi connectivity index (χ4n) is 1.76. The van der Waals surface area contributed by atoms with Crippen LogP contribution >= 0.6 is 0 Å². The van der Waals surface area contributed by atoms with Gasteiger partial charge in [0.2, 0.25) is 6.41 Å². The number of ether oxygens (including phenoxy) is 1. The Kier molecular flexibility index (Phi) is 3.38. The summed E-state index contributed by atoms with van der Waals surface area (Å²) in [6.45, 7) is 2.22. The average molecular weight is 238 g/mol.